The molecule has 0 unspecified atom stereocenters. The van der Waals surface area contributed by atoms with Gasteiger partial charge in [0.1, 0.15) is 4.90 Å². The van der Waals surface area contributed by atoms with Gasteiger partial charge in [-0.05, 0) is 25.1 Å². The van der Waals surface area contributed by atoms with E-state index in [1.165, 1.54) is 23.5 Å². The molecule has 2 aromatic rings. The van der Waals surface area contributed by atoms with E-state index in [0.717, 1.165) is 11.3 Å². The SMILES string of the molecule is Cc1nn(C)cc1CN(C)S(=O)(=O)c1cc(Cl)ccc1Cl. The molecule has 0 aliphatic heterocycles. The molecule has 1 aromatic carbocycles. The molecule has 21 heavy (non-hydrogen) atoms. The molecule has 1 aromatic heterocycles. The lowest BCUT2D eigenvalue weighted by Gasteiger charge is -2.17. The Morgan fingerprint density at radius 2 is 2.00 bits per heavy atom. The Hall–Kier alpha value is -1.08. The first kappa shape index (κ1) is 16.3. The minimum atomic E-state index is -3.72. The van der Waals surface area contributed by atoms with Gasteiger partial charge in [-0.3, -0.25) is 4.68 Å². The molecule has 0 bridgehead atoms. The van der Waals surface area contributed by atoms with Crippen molar-refractivity contribution in [1.82, 2.24) is 14.1 Å². The molecule has 0 fully saturated rings. The Morgan fingerprint density at radius 1 is 1.33 bits per heavy atom. The summed E-state index contributed by atoms with van der Waals surface area (Å²) in [5.41, 5.74) is 1.62. The van der Waals surface area contributed by atoms with Crippen LogP contribution in [0.4, 0.5) is 0 Å². The molecule has 0 N–H and O–H groups in total. The summed E-state index contributed by atoms with van der Waals surface area (Å²) >= 11 is 11.8. The predicted molar refractivity (Wildman–Crippen MR) is 83.1 cm³/mol. The lowest BCUT2D eigenvalue weighted by atomic mass is 10.3. The third kappa shape index (κ3) is 3.40. The van der Waals surface area contributed by atoms with E-state index < -0.39 is 10.0 Å². The first-order valence-corrected chi connectivity index (χ1v) is 8.32. The van der Waals surface area contributed by atoms with Crippen LogP contribution in [0.1, 0.15) is 11.3 Å². The first-order valence-electron chi connectivity index (χ1n) is 6.12. The molecule has 0 saturated heterocycles. The molecule has 0 aliphatic rings. The van der Waals surface area contributed by atoms with Gasteiger partial charge in [0, 0.05) is 37.4 Å². The number of nitrogens with zero attached hydrogens (tertiary/aromatic N) is 3. The summed E-state index contributed by atoms with van der Waals surface area (Å²) in [6.07, 6.45) is 1.79. The van der Waals surface area contributed by atoms with E-state index in [0.29, 0.717) is 5.02 Å². The van der Waals surface area contributed by atoms with Gasteiger partial charge in [-0.15, -0.1) is 0 Å². The van der Waals surface area contributed by atoms with E-state index in [1.807, 2.05) is 6.92 Å². The smallest absolute Gasteiger partial charge is 0.244 e. The highest BCUT2D eigenvalue weighted by atomic mass is 35.5. The van der Waals surface area contributed by atoms with E-state index in [4.69, 9.17) is 23.2 Å². The van der Waals surface area contributed by atoms with Gasteiger partial charge in [-0.2, -0.15) is 9.40 Å². The first-order chi connectivity index (χ1) is 9.71. The van der Waals surface area contributed by atoms with E-state index in [2.05, 4.69) is 5.10 Å². The van der Waals surface area contributed by atoms with E-state index in [1.54, 1.807) is 24.0 Å². The Labute approximate surface area is 134 Å². The lowest BCUT2D eigenvalue weighted by molar-refractivity contribution is 0.466. The van der Waals surface area contributed by atoms with Gasteiger partial charge in [0.2, 0.25) is 10.0 Å². The highest BCUT2D eigenvalue weighted by Gasteiger charge is 2.25. The van der Waals surface area contributed by atoms with Crippen LogP contribution in [-0.4, -0.2) is 29.6 Å². The summed E-state index contributed by atoms with van der Waals surface area (Å²) in [6.45, 7) is 2.05. The minimum Gasteiger partial charge on any atom is -0.275 e. The van der Waals surface area contributed by atoms with Crippen molar-refractivity contribution in [3.63, 3.8) is 0 Å². The zero-order valence-electron chi connectivity index (χ0n) is 11.8. The number of aromatic nitrogens is 2. The molecule has 0 spiro atoms. The van der Waals surface area contributed by atoms with Crippen molar-refractivity contribution in [1.29, 1.82) is 0 Å². The molecule has 0 aliphatic carbocycles. The van der Waals surface area contributed by atoms with Crippen molar-refractivity contribution in [2.45, 2.75) is 18.4 Å². The highest BCUT2D eigenvalue weighted by molar-refractivity contribution is 7.89. The fraction of sp³-hybridized carbons (Fsp3) is 0.308. The number of benzene rings is 1. The van der Waals surface area contributed by atoms with Crippen molar-refractivity contribution in [2.75, 3.05) is 7.05 Å². The molecule has 1 heterocycles. The Morgan fingerprint density at radius 3 is 2.57 bits per heavy atom. The van der Waals surface area contributed by atoms with Gasteiger partial charge in [-0.25, -0.2) is 8.42 Å². The van der Waals surface area contributed by atoms with Gasteiger partial charge in [0.15, 0.2) is 0 Å². The number of halogens is 2. The van der Waals surface area contributed by atoms with Crippen LogP contribution in [0.5, 0.6) is 0 Å². The molecule has 0 atom stereocenters. The maximum absolute atomic E-state index is 12.6. The molecule has 0 radical (unpaired) electrons. The third-order valence-corrected chi connectivity index (χ3v) is 5.61. The number of hydrogen-bond acceptors (Lipinski definition) is 3. The monoisotopic (exact) mass is 347 g/mol. The van der Waals surface area contributed by atoms with Gasteiger partial charge >= 0.3 is 0 Å². The molecule has 114 valence electrons. The number of aryl methyl sites for hydroxylation is 2. The van der Waals surface area contributed by atoms with Crippen LogP contribution in [-0.2, 0) is 23.6 Å². The zero-order chi connectivity index (χ0) is 15.8. The van der Waals surface area contributed by atoms with Gasteiger partial charge in [0.05, 0.1) is 10.7 Å². The molecule has 0 amide bonds. The summed E-state index contributed by atoms with van der Waals surface area (Å²) < 4.78 is 28.0. The molecule has 5 nitrogen and oxygen atoms in total. The van der Waals surface area contributed by atoms with Crippen molar-refractivity contribution in [3.05, 3.63) is 45.7 Å². The van der Waals surface area contributed by atoms with Gasteiger partial charge < -0.3 is 0 Å². The van der Waals surface area contributed by atoms with E-state index in [9.17, 15) is 8.42 Å². The molecular weight excluding hydrogens is 333 g/mol. The molecule has 2 rings (SSSR count). The average molecular weight is 348 g/mol. The number of rotatable bonds is 4. The Balaban J connectivity index is 2.35. The van der Waals surface area contributed by atoms with Gasteiger partial charge in [0.25, 0.3) is 0 Å². The quantitative estimate of drug-likeness (QED) is 0.854. The molecular formula is C13H15Cl2N3O2S. The van der Waals surface area contributed by atoms with Crippen molar-refractivity contribution in [2.24, 2.45) is 7.05 Å². The summed E-state index contributed by atoms with van der Waals surface area (Å²) in [5.74, 6) is 0. The minimum absolute atomic E-state index is 0.000657. The standard InChI is InChI=1S/C13H15Cl2N3O2S/c1-9-10(7-17(2)16-9)8-18(3)21(19,20)13-6-11(14)4-5-12(13)15/h4-7H,8H2,1-3H3. The lowest BCUT2D eigenvalue weighted by Crippen LogP contribution is -2.27. The summed E-state index contributed by atoms with van der Waals surface area (Å²) in [4.78, 5) is 0.000657. The maximum atomic E-state index is 12.6. The van der Waals surface area contributed by atoms with Crippen LogP contribution in [0.15, 0.2) is 29.3 Å². The van der Waals surface area contributed by atoms with Crippen LogP contribution in [0.2, 0.25) is 10.0 Å². The fourth-order valence-electron chi connectivity index (χ4n) is 1.97. The Kier molecular flexibility index (Phi) is 4.63. The van der Waals surface area contributed by atoms with Crippen molar-refractivity contribution in [3.8, 4) is 0 Å². The second-order valence-corrected chi connectivity index (χ2v) is 7.61. The molecule has 8 heteroatoms. The Bertz CT molecular complexity index is 772. The highest BCUT2D eigenvalue weighted by Crippen LogP contribution is 2.28. The second-order valence-electron chi connectivity index (χ2n) is 4.75. The van der Waals surface area contributed by atoms with Crippen LogP contribution in [0.3, 0.4) is 0 Å². The van der Waals surface area contributed by atoms with Gasteiger partial charge in [-0.1, -0.05) is 23.2 Å². The van der Waals surface area contributed by atoms with Crippen molar-refractivity contribution >= 4 is 33.2 Å². The van der Waals surface area contributed by atoms with E-state index >= 15 is 0 Å². The predicted octanol–water partition coefficient (Wildman–Crippen LogP) is 2.86. The van der Waals surface area contributed by atoms with Crippen LogP contribution in [0.25, 0.3) is 0 Å². The average Bonchev–Trinajstić information content (AvgIpc) is 2.70. The number of hydrogen-bond donors (Lipinski definition) is 0. The molecule has 0 saturated carbocycles. The normalized spacial score (nSPS) is 12.1. The second kappa shape index (κ2) is 5.96. The fourth-order valence-corrected chi connectivity index (χ4v) is 3.85. The van der Waals surface area contributed by atoms with E-state index in [-0.39, 0.29) is 16.5 Å². The topological polar surface area (TPSA) is 55.2 Å². The maximum Gasteiger partial charge on any atom is 0.244 e. The van der Waals surface area contributed by atoms with Crippen molar-refractivity contribution < 1.29 is 8.42 Å². The third-order valence-electron chi connectivity index (χ3n) is 3.09. The zero-order valence-corrected chi connectivity index (χ0v) is 14.2. The largest absolute Gasteiger partial charge is 0.275 e. The summed E-state index contributed by atoms with van der Waals surface area (Å²) in [7, 11) is -0.428. The summed E-state index contributed by atoms with van der Waals surface area (Å²) in [6, 6.07) is 4.37. The van der Waals surface area contributed by atoms with Crippen LogP contribution < -0.4 is 0 Å². The summed E-state index contributed by atoms with van der Waals surface area (Å²) in [5, 5.41) is 4.67. The van der Waals surface area contributed by atoms with Crippen LogP contribution >= 0.6 is 23.2 Å². The van der Waals surface area contributed by atoms with Crippen LogP contribution in [0, 0.1) is 6.92 Å². The number of sulfonamides is 1.